The highest BCUT2D eigenvalue weighted by Gasteiger charge is 2.35. The number of carbonyl (C=O) groups excluding carboxylic acids is 1. The van der Waals surface area contributed by atoms with Crippen LogP contribution < -0.4 is 0 Å². The van der Waals surface area contributed by atoms with Gasteiger partial charge in [-0.25, -0.2) is 4.79 Å². The summed E-state index contributed by atoms with van der Waals surface area (Å²) in [4.78, 5) is 24.2. The minimum Gasteiger partial charge on any atom is -0.478 e. The Kier molecular flexibility index (Phi) is 4.62. The second kappa shape index (κ2) is 7.14. The van der Waals surface area contributed by atoms with Crippen molar-refractivity contribution in [3.63, 3.8) is 0 Å². The first kappa shape index (κ1) is 19.4. The lowest BCUT2D eigenvalue weighted by atomic mass is 9.94. The maximum absolute atomic E-state index is 13.4. The highest BCUT2D eigenvalue weighted by Crippen LogP contribution is 2.35. The molecule has 1 heterocycles. The molecule has 5 nitrogen and oxygen atoms in total. The molecule has 1 aromatic heterocycles. The number of aromatic nitrogens is 2. The summed E-state index contributed by atoms with van der Waals surface area (Å²) in [5.74, 6) is -1.87. The zero-order chi connectivity index (χ0) is 21.5. The molecule has 0 atom stereocenters. The first-order valence-electron chi connectivity index (χ1n) is 8.79. The number of aromatic carboxylic acids is 1. The number of alkyl halides is 3. The summed E-state index contributed by atoms with van der Waals surface area (Å²) >= 11 is 0. The number of carbonyl (C=O) groups is 2. The Hall–Kier alpha value is -3.94. The maximum Gasteiger partial charge on any atom is 0.417 e. The third-order valence-corrected chi connectivity index (χ3v) is 4.72. The van der Waals surface area contributed by atoms with Crippen molar-refractivity contribution in [3.8, 4) is 11.3 Å². The summed E-state index contributed by atoms with van der Waals surface area (Å²) in [5, 5.41) is 16.4. The van der Waals surface area contributed by atoms with Crippen molar-refractivity contribution in [1.29, 1.82) is 0 Å². The molecule has 3 aromatic carbocycles. The fraction of sp³-hybridized carbons (Fsp3) is 0.0455. The fourth-order valence-electron chi connectivity index (χ4n) is 3.31. The number of H-pyrrole nitrogens is 1. The second-order valence-corrected chi connectivity index (χ2v) is 6.56. The highest BCUT2D eigenvalue weighted by atomic mass is 19.4. The predicted octanol–water partition coefficient (Wildman–Crippen LogP) is 5.18. The van der Waals surface area contributed by atoms with Gasteiger partial charge in [0.25, 0.3) is 0 Å². The summed E-state index contributed by atoms with van der Waals surface area (Å²) in [7, 11) is 0. The quantitative estimate of drug-likeness (QED) is 0.454. The van der Waals surface area contributed by atoms with Crippen molar-refractivity contribution in [2.75, 3.05) is 0 Å². The molecule has 0 radical (unpaired) electrons. The largest absolute Gasteiger partial charge is 0.478 e. The lowest BCUT2D eigenvalue weighted by Crippen LogP contribution is -2.14. The van der Waals surface area contributed by atoms with Gasteiger partial charge < -0.3 is 5.11 Å². The van der Waals surface area contributed by atoms with E-state index in [4.69, 9.17) is 5.11 Å². The van der Waals surface area contributed by atoms with E-state index in [9.17, 15) is 22.8 Å². The fourth-order valence-corrected chi connectivity index (χ4v) is 3.31. The Morgan fingerprint density at radius 3 is 2.20 bits per heavy atom. The number of benzene rings is 3. The number of nitrogens with one attached hydrogen (secondary N) is 1. The van der Waals surface area contributed by atoms with Crippen LogP contribution in [0.1, 0.15) is 31.8 Å². The van der Waals surface area contributed by atoms with Gasteiger partial charge in [-0.15, -0.1) is 0 Å². The van der Waals surface area contributed by atoms with Crippen molar-refractivity contribution in [3.05, 3.63) is 89.0 Å². The van der Waals surface area contributed by atoms with E-state index >= 15 is 0 Å². The molecular weight excluding hydrogens is 397 g/mol. The maximum atomic E-state index is 13.4. The highest BCUT2D eigenvalue weighted by molar-refractivity contribution is 6.19. The van der Waals surface area contributed by atoms with Gasteiger partial charge in [0.1, 0.15) is 5.69 Å². The van der Waals surface area contributed by atoms with Crippen LogP contribution in [0.5, 0.6) is 0 Å². The molecule has 4 rings (SSSR count). The normalized spacial score (nSPS) is 11.6. The molecular formula is C22H13F3N2O3. The molecule has 0 aliphatic heterocycles. The number of hydrogen-bond acceptors (Lipinski definition) is 3. The Balaban J connectivity index is 1.89. The zero-order valence-electron chi connectivity index (χ0n) is 15.2. The van der Waals surface area contributed by atoms with Gasteiger partial charge in [0.05, 0.1) is 16.6 Å². The van der Waals surface area contributed by atoms with Gasteiger partial charge in [-0.1, -0.05) is 42.5 Å². The molecule has 0 aliphatic rings. The first-order chi connectivity index (χ1) is 14.3. The molecule has 0 unspecified atom stereocenters. The summed E-state index contributed by atoms with van der Waals surface area (Å²) in [6.07, 6.45) is -4.67. The van der Waals surface area contributed by atoms with Crippen LogP contribution in [0.15, 0.2) is 66.7 Å². The van der Waals surface area contributed by atoms with Crippen molar-refractivity contribution >= 4 is 22.7 Å². The van der Waals surface area contributed by atoms with Gasteiger partial charge in [0, 0.05) is 22.1 Å². The minimum absolute atomic E-state index is 0.0651. The smallest absolute Gasteiger partial charge is 0.417 e. The van der Waals surface area contributed by atoms with E-state index in [0.717, 1.165) is 12.1 Å². The molecule has 0 saturated heterocycles. The first-order valence-corrected chi connectivity index (χ1v) is 8.79. The Bertz CT molecular complexity index is 1280. The van der Waals surface area contributed by atoms with Crippen LogP contribution in [-0.2, 0) is 6.18 Å². The topological polar surface area (TPSA) is 83.0 Å². The number of halogens is 3. The Morgan fingerprint density at radius 1 is 0.867 bits per heavy atom. The molecule has 0 saturated carbocycles. The molecule has 30 heavy (non-hydrogen) atoms. The van der Waals surface area contributed by atoms with Crippen LogP contribution >= 0.6 is 0 Å². The van der Waals surface area contributed by atoms with Gasteiger partial charge in [0.15, 0.2) is 5.78 Å². The monoisotopic (exact) mass is 410 g/mol. The molecule has 4 aromatic rings. The zero-order valence-corrected chi connectivity index (χ0v) is 15.2. The molecule has 0 fully saturated rings. The molecule has 0 amide bonds. The van der Waals surface area contributed by atoms with E-state index in [1.54, 1.807) is 12.1 Å². The van der Waals surface area contributed by atoms with Crippen molar-refractivity contribution in [2.45, 2.75) is 6.18 Å². The van der Waals surface area contributed by atoms with Crippen LogP contribution in [0, 0.1) is 0 Å². The standard InChI is InChI=1S/C22H13F3N2O3/c23-22(24,25)16-6-2-1-4-14(16)20(28)15-5-3-7-17-18(15)19(27-26-17)12-8-10-13(11-9-12)21(29)30/h1-11H,(H,26,27)(H,29,30). The van der Waals surface area contributed by atoms with Crippen molar-refractivity contribution in [1.82, 2.24) is 10.2 Å². The number of rotatable bonds is 4. The predicted molar refractivity (Wildman–Crippen MR) is 103 cm³/mol. The number of carboxylic acid groups (broad SMARTS) is 1. The van der Waals surface area contributed by atoms with E-state index in [-0.39, 0.29) is 11.1 Å². The average molecular weight is 410 g/mol. The third-order valence-electron chi connectivity index (χ3n) is 4.72. The van der Waals surface area contributed by atoms with E-state index in [1.165, 1.54) is 42.5 Å². The molecule has 150 valence electrons. The number of aromatic amines is 1. The summed E-state index contributed by atoms with van der Waals surface area (Å²) in [6.45, 7) is 0. The van der Waals surface area contributed by atoms with Gasteiger partial charge >= 0.3 is 12.1 Å². The second-order valence-electron chi connectivity index (χ2n) is 6.56. The van der Waals surface area contributed by atoms with Gasteiger partial charge in [-0.05, 0) is 24.3 Å². The van der Waals surface area contributed by atoms with Crippen LogP contribution in [0.4, 0.5) is 13.2 Å². The number of ketones is 1. The van der Waals surface area contributed by atoms with E-state index in [0.29, 0.717) is 22.2 Å². The lowest BCUT2D eigenvalue weighted by Gasteiger charge is -2.12. The van der Waals surface area contributed by atoms with Crippen LogP contribution in [0.3, 0.4) is 0 Å². The van der Waals surface area contributed by atoms with E-state index < -0.39 is 29.1 Å². The Morgan fingerprint density at radius 2 is 1.53 bits per heavy atom. The van der Waals surface area contributed by atoms with Gasteiger partial charge in [0.2, 0.25) is 0 Å². The average Bonchev–Trinajstić information content (AvgIpc) is 3.17. The molecule has 0 bridgehead atoms. The van der Waals surface area contributed by atoms with E-state index in [1.807, 2.05) is 0 Å². The number of carboxylic acids is 1. The van der Waals surface area contributed by atoms with Crippen LogP contribution in [-0.4, -0.2) is 27.1 Å². The number of nitrogens with zero attached hydrogens (tertiary/aromatic N) is 1. The summed E-state index contributed by atoms with van der Waals surface area (Å²) in [6, 6.07) is 15.1. The molecule has 8 heteroatoms. The summed E-state index contributed by atoms with van der Waals surface area (Å²) < 4.78 is 40.2. The van der Waals surface area contributed by atoms with Crippen molar-refractivity contribution in [2.24, 2.45) is 0 Å². The Labute approximate surface area is 167 Å². The van der Waals surface area contributed by atoms with Crippen LogP contribution in [0.25, 0.3) is 22.2 Å². The molecule has 0 aliphatic carbocycles. The SMILES string of the molecule is O=C(O)c1ccc(-c2n[nH]c3cccc(C(=O)c4ccccc4C(F)(F)F)c23)cc1. The van der Waals surface area contributed by atoms with E-state index in [2.05, 4.69) is 10.2 Å². The van der Waals surface area contributed by atoms with Gasteiger partial charge in [-0.2, -0.15) is 18.3 Å². The third kappa shape index (κ3) is 3.32. The molecule has 0 spiro atoms. The number of hydrogen-bond donors (Lipinski definition) is 2. The number of fused-ring (bicyclic) bond motifs is 1. The van der Waals surface area contributed by atoms with Crippen molar-refractivity contribution < 1.29 is 27.9 Å². The molecule has 2 N–H and O–H groups in total. The van der Waals surface area contributed by atoms with Gasteiger partial charge in [-0.3, -0.25) is 9.89 Å². The minimum atomic E-state index is -4.67. The summed E-state index contributed by atoms with van der Waals surface area (Å²) in [5.41, 5.74) is 0.0200. The lowest BCUT2D eigenvalue weighted by molar-refractivity contribution is -0.137. The van der Waals surface area contributed by atoms with Crippen LogP contribution in [0.2, 0.25) is 0 Å².